The zero-order valence-electron chi connectivity index (χ0n) is 10.7. The van der Waals surface area contributed by atoms with Gasteiger partial charge in [0.1, 0.15) is 11.5 Å². The smallest absolute Gasteiger partial charge is 0.267 e. The molecular weight excluding hydrogens is 282 g/mol. The van der Waals surface area contributed by atoms with Crippen LogP contribution in [-0.2, 0) is 4.79 Å². The molecule has 106 valence electrons. The summed E-state index contributed by atoms with van der Waals surface area (Å²) in [4.78, 5) is 32.1. The van der Waals surface area contributed by atoms with Gasteiger partial charge in [0.05, 0.1) is 0 Å². The summed E-state index contributed by atoms with van der Waals surface area (Å²) in [7, 11) is 0. The van der Waals surface area contributed by atoms with E-state index in [4.69, 9.17) is 17.3 Å². The molecule has 1 atom stereocenters. The number of hydrogen-bond acceptors (Lipinski definition) is 5. The molecule has 7 nitrogen and oxygen atoms in total. The SMILES string of the molecule is C=CC(=O)N[C@H]1CCN(c2cc(C(N)=O)nc(Cl)n2)C1. The Morgan fingerprint density at radius 1 is 1.55 bits per heavy atom. The van der Waals surface area contributed by atoms with Crippen molar-refractivity contribution in [3.8, 4) is 0 Å². The second-order valence-corrected chi connectivity index (χ2v) is 4.73. The molecule has 2 rings (SSSR count). The molecule has 1 saturated heterocycles. The molecule has 20 heavy (non-hydrogen) atoms. The van der Waals surface area contributed by atoms with E-state index in [9.17, 15) is 9.59 Å². The highest BCUT2D eigenvalue weighted by atomic mass is 35.5. The number of amides is 2. The predicted octanol–water partition coefficient (Wildman–Crippen LogP) is 0.110. The number of carbonyl (C=O) groups excluding carboxylic acids is 2. The van der Waals surface area contributed by atoms with E-state index in [-0.39, 0.29) is 22.9 Å². The van der Waals surface area contributed by atoms with Gasteiger partial charge >= 0.3 is 0 Å². The number of primary amides is 1. The number of halogens is 1. The summed E-state index contributed by atoms with van der Waals surface area (Å²) in [6.45, 7) is 4.67. The van der Waals surface area contributed by atoms with Crippen molar-refractivity contribution in [3.05, 3.63) is 29.7 Å². The first-order valence-electron chi connectivity index (χ1n) is 6.02. The van der Waals surface area contributed by atoms with E-state index in [1.54, 1.807) is 0 Å². The number of rotatable bonds is 4. The number of hydrogen-bond donors (Lipinski definition) is 2. The van der Waals surface area contributed by atoms with Gasteiger partial charge in [-0.2, -0.15) is 0 Å². The molecule has 3 N–H and O–H groups in total. The molecule has 0 aromatic carbocycles. The molecule has 1 aliphatic heterocycles. The third-order valence-electron chi connectivity index (χ3n) is 2.98. The van der Waals surface area contributed by atoms with Crippen molar-refractivity contribution in [2.75, 3.05) is 18.0 Å². The molecular formula is C12H14ClN5O2. The fourth-order valence-electron chi connectivity index (χ4n) is 2.04. The van der Waals surface area contributed by atoms with Crippen LogP contribution in [0.1, 0.15) is 16.9 Å². The second kappa shape index (κ2) is 5.87. The lowest BCUT2D eigenvalue weighted by Crippen LogP contribution is -2.36. The summed E-state index contributed by atoms with van der Waals surface area (Å²) in [5, 5.41) is 2.78. The Labute approximate surface area is 120 Å². The maximum atomic E-state index is 11.3. The highest BCUT2D eigenvalue weighted by Gasteiger charge is 2.25. The van der Waals surface area contributed by atoms with Crippen LogP contribution in [-0.4, -0.2) is 40.9 Å². The Balaban J connectivity index is 2.11. The number of nitrogens with two attached hydrogens (primary N) is 1. The highest BCUT2D eigenvalue weighted by Crippen LogP contribution is 2.20. The van der Waals surface area contributed by atoms with Crippen molar-refractivity contribution in [2.24, 2.45) is 5.73 Å². The molecule has 0 unspecified atom stereocenters. The highest BCUT2D eigenvalue weighted by molar-refractivity contribution is 6.28. The zero-order chi connectivity index (χ0) is 14.7. The van der Waals surface area contributed by atoms with Crippen LogP contribution in [0.3, 0.4) is 0 Å². The molecule has 0 spiro atoms. The molecule has 2 heterocycles. The Hall–Kier alpha value is -2.15. The van der Waals surface area contributed by atoms with Gasteiger partial charge in [0.2, 0.25) is 11.2 Å². The first-order chi connectivity index (χ1) is 9.49. The lowest BCUT2D eigenvalue weighted by molar-refractivity contribution is -0.117. The fourth-order valence-corrected chi connectivity index (χ4v) is 2.22. The molecule has 2 amide bonds. The lowest BCUT2D eigenvalue weighted by Gasteiger charge is -2.18. The van der Waals surface area contributed by atoms with Gasteiger partial charge < -0.3 is 16.0 Å². The van der Waals surface area contributed by atoms with Crippen LogP contribution >= 0.6 is 11.6 Å². The van der Waals surface area contributed by atoms with E-state index in [2.05, 4.69) is 21.9 Å². The van der Waals surface area contributed by atoms with Crippen molar-refractivity contribution in [1.29, 1.82) is 0 Å². The van der Waals surface area contributed by atoms with Crippen molar-refractivity contribution in [3.63, 3.8) is 0 Å². The van der Waals surface area contributed by atoms with Crippen LogP contribution in [0.4, 0.5) is 5.82 Å². The average molecular weight is 296 g/mol. The van der Waals surface area contributed by atoms with Crippen LogP contribution in [0.15, 0.2) is 18.7 Å². The molecule has 1 aliphatic rings. The summed E-state index contributed by atoms with van der Waals surface area (Å²) >= 11 is 5.78. The topological polar surface area (TPSA) is 101 Å². The normalized spacial score (nSPS) is 17.9. The summed E-state index contributed by atoms with van der Waals surface area (Å²) < 4.78 is 0. The number of aromatic nitrogens is 2. The summed E-state index contributed by atoms with van der Waals surface area (Å²) in [6.07, 6.45) is 2.00. The average Bonchev–Trinajstić information content (AvgIpc) is 2.86. The Bertz CT molecular complexity index is 563. The van der Waals surface area contributed by atoms with Crippen LogP contribution < -0.4 is 16.0 Å². The van der Waals surface area contributed by atoms with Crippen molar-refractivity contribution in [2.45, 2.75) is 12.5 Å². The van der Waals surface area contributed by atoms with E-state index < -0.39 is 5.91 Å². The fraction of sp³-hybridized carbons (Fsp3) is 0.333. The number of nitrogens with one attached hydrogen (secondary N) is 1. The van der Waals surface area contributed by atoms with E-state index >= 15 is 0 Å². The molecule has 0 bridgehead atoms. The monoisotopic (exact) mass is 295 g/mol. The number of carbonyl (C=O) groups is 2. The van der Waals surface area contributed by atoms with Gasteiger partial charge in [-0.15, -0.1) is 0 Å². The number of anilines is 1. The van der Waals surface area contributed by atoms with Crippen LogP contribution in [0.25, 0.3) is 0 Å². The molecule has 1 aromatic heterocycles. The maximum absolute atomic E-state index is 11.3. The number of nitrogens with zero attached hydrogens (tertiary/aromatic N) is 3. The van der Waals surface area contributed by atoms with Gasteiger partial charge in [-0.3, -0.25) is 9.59 Å². The van der Waals surface area contributed by atoms with Gasteiger partial charge in [0.15, 0.2) is 0 Å². The van der Waals surface area contributed by atoms with Crippen molar-refractivity contribution < 1.29 is 9.59 Å². The van der Waals surface area contributed by atoms with Crippen LogP contribution in [0, 0.1) is 0 Å². The van der Waals surface area contributed by atoms with Crippen molar-refractivity contribution in [1.82, 2.24) is 15.3 Å². The van der Waals surface area contributed by atoms with E-state index in [1.165, 1.54) is 12.1 Å². The third kappa shape index (κ3) is 3.24. The van der Waals surface area contributed by atoms with E-state index in [0.29, 0.717) is 18.9 Å². The predicted molar refractivity (Wildman–Crippen MR) is 74.5 cm³/mol. The van der Waals surface area contributed by atoms with E-state index in [0.717, 1.165) is 6.42 Å². The summed E-state index contributed by atoms with van der Waals surface area (Å²) in [6, 6.07) is 1.50. The van der Waals surface area contributed by atoms with Crippen molar-refractivity contribution >= 4 is 29.2 Å². The third-order valence-corrected chi connectivity index (χ3v) is 3.15. The van der Waals surface area contributed by atoms with Gasteiger partial charge in [-0.1, -0.05) is 6.58 Å². The second-order valence-electron chi connectivity index (χ2n) is 4.39. The first-order valence-corrected chi connectivity index (χ1v) is 6.39. The minimum atomic E-state index is -0.661. The summed E-state index contributed by atoms with van der Waals surface area (Å²) in [5.41, 5.74) is 5.26. The van der Waals surface area contributed by atoms with Gasteiger partial charge in [-0.25, -0.2) is 9.97 Å². The Morgan fingerprint density at radius 3 is 2.95 bits per heavy atom. The Kier molecular flexibility index (Phi) is 4.19. The Morgan fingerprint density at radius 2 is 2.30 bits per heavy atom. The largest absolute Gasteiger partial charge is 0.364 e. The van der Waals surface area contributed by atoms with Crippen LogP contribution in [0.2, 0.25) is 5.28 Å². The lowest BCUT2D eigenvalue weighted by atomic mass is 10.2. The van der Waals surface area contributed by atoms with E-state index in [1.807, 2.05) is 4.90 Å². The maximum Gasteiger partial charge on any atom is 0.267 e. The minimum Gasteiger partial charge on any atom is -0.364 e. The molecule has 0 radical (unpaired) electrons. The van der Waals surface area contributed by atoms with Gasteiger partial charge in [-0.05, 0) is 24.1 Å². The summed E-state index contributed by atoms with van der Waals surface area (Å²) in [5.74, 6) is -0.351. The quantitative estimate of drug-likeness (QED) is 0.606. The van der Waals surface area contributed by atoms with Gasteiger partial charge in [0.25, 0.3) is 5.91 Å². The van der Waals surface area contributed by atoms with Gasteiger partial charge in [0, 0.05) is 25.2 Å². The van der Waals surface area contributed by atoms with Crippen LogP contribution in [0.5, 0.6) is 0 Å². The standard InChI is InChI=1S/C12H14ClN5O2/c1-2-10(19)15-7-3-4-18(6-7)9-5-8(11(14)20)16-12(13)17-9/h2,5,7H,1,3-4,6H2,(H2,14,20)(H,15,19)/t7-/m0/s1. The molecule has 0 aliphatic carbocycles. The first kappa shape index (κ1) is 14.3. The molecule has 8 heteroatoms. The zero-order valence-corrected chi connectivity index (χ0v) is 11.4. The molecule has 1 fully saturated rings. The molecule has 1 aromatic rings. The molecule has 0 saturated carbocycles. The minimum absolute atomic E-state index is 0.00580.